The first-order valence-electron chi connectivity index (χ1n) is 11.0. The van der Waals surface area contributed by atoms with E-state index in [4.69, 9.17) is 14.9 Å². The van der Waals surface area contributed by atoms with Crippen molar-refractivity contribution >= 4 is 23.5 Å². The average Bonchev–Trinajstić information content (AvgIpc) is 3.28. The zero-order valence-corrected chi connectivity index (χ0v) is 18.6. The number of hydrogen-bond donors (Lipinski definition) is 3. The van der Waals surface area contributed by atoms with Gasteiger partial charge in [-0.05, 0) is 67.3 Å². The van der Waals surface area contributed by atoms with Gasteiger partial charge in [0.15, 0.2) is 0 Å². The number of aliphatic carboxylic acids is 2. The van der Waals surface area contributed by atoms with Gasteiger partial charge in [-0.25, -0.2) is 14.4 Å². The molecular weight excluding hydrogens is 438 g/mol. The molecule has 2 aliphatic heterocycles. The van der Waals surface area contributed by atoms with Crippen LogP contribution in [0.5, 0.6) is 5.75 Å². The minimum atomic E-state index is -1.26. The number of rotatable bonds is 6. The Morgan fingerprint density at radius 3 is 2.24 bits per heavy atom. The second-order valence-electron chi connectivity index (χ2n) is 7.93. The highest BCUT2D eigenvalue weighted by Gasteiger charge is 2.20. The van der Waals surface area contributed by atoms with Crippen LogP contribution in [0.3, 0.4) is 0 Å². The van der Waals surface area contributed by atoms with Gasteiger partial charge < -0.3 is 25.0 Å². The SMILES string of the molecule is O=C(O)/C=C/C(=O)O.O=C(O)c1ccc2c(c1)/C(=C\CCN1CCCC1)c1ccccc1CO2. The van der Waals surface area contributed by atoms with Gasteiger partial charge in [0.05, 0.1) is 5.56 Å². The molecule has 0 radical (unpaired) electrons. The molecule has 34 heavy (non-hydrogen) atoms. The monoisotopic (exact) mass is 465 g/mol. The summed E-state index contributed by atoms with van der Waals surface area (Å²) in [5.41, 5.74) is 4.51. The van der Waals surface area contributed by atoms with Gasteiger partial charge in [-0.2, -0.15) is 0 Å². The first kappa shape index (κ1) is 24.7. The van der Waals surface area contributed by atoms with E-state index in [0.717, 1.165) is 41.0 Å². The van der Waals surface area contributed by atoms with Crippen LogP contribution in [0.4, 0.5) is 0 Å². The van der Waals surface area contributed by atoms with Crippen LogP contribution in [0, 0.1) is 0 Å². The fraction of sp³-hybridized carbons (Fsp3) is 0.269. The lowest BCUT2D eigenvalue weighted by atomic mass is 9.92. The van der Waals surface area contributed by atoms with Gasteiger partial charge in [0.2, 0.25) is 0 Å². The molecular formula is C26H27NO7. The maximum Gasteiger partial charge on any atom is 0.335 e. The maximum atomic E-state index is 11.4. The molecule has 0 unspecified atom stereocenters. The van der Waals surface area contributed by atoms with Crippen LogP contribution in [0.15, 0.2) is 60.7 Å². The Kier molecular flexibility index (Phi) is 8.59. The number of carbonyl (C=O) groups is 3. The fourth-order valence-electron chi connectivity index (χ4n) is 3.97. The minimum Gasteiger partial charge on any atom is -0.488 e. The van der Waals surface area contributed by atoms with Crippen molar-refractivity contribution in [3.63, 3.8) is 0 Å². The summed E-state index contributed by atoms with van der Waals surface area (Å²) in [5.74, 6) is -2.68. The highest BCUT2D eigenvalue weighted by molar-refractivity contribution is 5.92. The van der Waals surface area contributed by atoms with Gasteiger partial charge in [-0.1, -0.05) is 30.3 Å². The molecule has 3 N–H and O–H groups in total. The van der Waals surface area contributed by atoms with E-state index in [-0.39, 0.29) is 5.56 Å². The number of nitrogens with zero attached hydrogens (tertiary/aromatic N) is 1. The molecule has 0 aromatic heterocycles. The third kappa shape index (κ3) is 6.79. The first-order chi connectivity index (χ1) is 16.3. The smallest absolute Gasteiger partial charge is 0.335 e. The molecule has 4 rings (SSSR count). The predicted octanol–water partition coefficient (Wildman–Crippen LogP) is 3.91. The lowest BCUT2D eigenvalue weighted by molar-refractivity contribution is -0.134. The van der Waals surface area contributed by atoms with E-state index < -0.39 is 17.9 Å². The zero-order valence-electron chi connectivity index (χ0n) is 18.6. The summed E-state index contributed by atoms with van der Waals surface area (Å²) in [7, 11) is 0. The summed E-state index contributed by atoms with van der Waals surface area (Å²) in [5, 5.41) is 25.0. The Balaban J connectivity index is 0.000000350. The summed E-state index contributed by atoms with van der Waals surface area (Å²) in [4.78, 5) is 33.0. The van der Waals surface area contributed by atoms with Crippen LogP contribution >= 0.6 is 0 Å². The van der Waals surface area contributed by atoms with Crippen LogP contribution in [-0.4, -0.2) is 57.8 Å². The fourth-order valence-corrected chi connectivity index (χ4v) is 3.97. The zero-order chi connectivity index (χ0) is 24.5. The molecule has 0 saturated carbocycles. The van der Waals surface area contributed by atoms with Crippen LogP contribution in [0.2, 0.25) is 0 Å². The van der Waals surface area contributed by atoms with Crippen molar-refractivity contribution in [2.75, 3.05) is 19.6 Å². The Morgan fingerprint density at radius 1 is 0.912 bits per heavy atom. The number of fused-ring (bicyclic) bond motifs is 2. The summed E-state index contributed by atoms with van der Waals surface area (Å²) < 4.78 is 5.98. The molecule has 2 aromatic rings. The molecule has 178 valence electrons. The molecule has 1 saturated heterocycles. The summed E-state index contributed by atoms with van der Waals surface area (Å²) in [6.07, 6.45) is 6.89. The van der Waals surface area contributed by atoms with Crippen molar-refractivity contribution in [2.45, 2.75) is 25.9 Å². The van der Waals surface area contributed by atoms with E-state index in [0.29, 0.717) is 18.8 Å². The number of carboxylic acid groups (broad SMARTS) is 3. The van der Waals surface area contributed by atoms with Crippen molar-refractivity contribution in [3.05, 3.63) is 82.9 Å². The molecule has 2 heterocycles. The second-order valence-corrected chi connectivity index (χ2v) is 7.93. The van der Waals surface area contributed by atoms with Gasteiger partial charge >= 0.3 is 17.9 Å². The molecule has 8 heteroatoms. The van der Waals surface area contributed by atoms with Crippen LogP contribution in [0.1, 0.15) is 46.3 Å². The Hall–Kier alpha value is -3.91. The Labute approximate surface area is 197 Å². The lowest BCUT2D eigenvalue weighted by Gasteiger charge is -2.15. The van der Waals surface area contributed by atoms with E-state index in [9.17, 15) is 19.5 Å². The number of likely N-dealkylation sites (tertiary alicyclic amines) is 1. The van der Waals surface area contributed by atoms with Gasteiger partial charge in [0.1, 0.15) is 12.4 Å². The molecule has 1 fully saturated rings. The molecule has 0 amide bonds. The van der Waals surface area contributed by atoms with Gasteiger partial charge in [-0.15, -0.1) is 0 Å². The molecule has 2 aromatic carbocycles. The van der Waals surface area contributed by atoms with Crippen molar-refractivity contribution in [1.29, 1.82) is 0 Å². The highest BCUT2D eigenvalue weighted by atomic mass is 16.5. The van der Waals surface area contributed by atoms with Crippen LogP contribution in [0.25, 0.3) is 5.57 Å². The standard InChI is InChI=1S/C22H23NO3.C4H4O4/c24-22(25)16-9-10-21-20(14-16)19(8-5-13-23-11-3-4-12-23)18-7-2-1-6-17(18)15-26-21;5-3(6)1-2-4(7)8/h1-2,6-10,14H,3-5,11-13,15H2,(H,24,25);1-2H,(H,5,6)(H,7,8)/b19-8-;2-1+. The van der Waals surface area contributed by atoms with Crippen molar-refractivity contribution in [1.82, 2.24) is 4.90 Å². The van der Waals surface area contributed by atoms with Crippen molar-refractivity contribution in [3.8, 4) is 5.75 Å². The molecule has 0 spiro atoms. The number of benzene rings is 2. The van der Waals surface area contributed by atoms with Gasteiger partial charge in [0.25, 0.3) is 0 Å². The normalized spacial score (nSPS) is 16.1. The molecule has 0 atom stereocenters. The third-order valence-electron chi connectivity index (χ3n) is 5.57. The second kappa shape index (κ2) is 11.8. The van der Waals surface area contributed by atoms with Gasteiger partial charge in [0, 0.05) is 24.3 Å². The number of ether oxygens (including phenoxy) is 1. The van der Waals surface area contributed by atoms with Crippen LogP contribution < -0.4 is 4.74 Å². The predicted molar refractivity (Wildman–Crippen MR) is 126 cm³/mol. The average molecular weight is 466 g/mol. The summed E-state index contributed by atoms with van der Waals surface area (Å²) in [6.45, 7) is 3.91. The quantitative estimate of drug-likeness (QED) is 0.549. The number of hydrogen-bond acceptors (Lipinski definition) is 5. The Bertz CT molecular complexity index is 1100. The van der Waals surface area contributed by atoms with E-state index >= 15 is 0 Å². The van der Waals surface area contributed by atoms with E-state index in [2.05, 4.69) is 23.1 Å². The van der Waals surface area contributed by atoms with E-state index in [1.807, 2.05) is 12.1 Å². The largest absolute Gasteiger partial charge is 0.488 e. The molecule has 0 aliphatic carbocycles. The molecule has 0 bridgehead atoms. The first-order valence-corrected chi connectivity index (χ1v) is 11.0. The molecule has 2 aliphatic rings. The van der Waals surface area contributed by atoms with Crippen LogP contribution in [-0.2, 0) is 16.2 Å². The number of aromatic carboxylic acids is 1. The maximum absolute atomic E-state index is 11.4. The number of carboxylic acids is 3. The van der Waals surface area contributed by atoms with E-state index in [1.165, 1.54) is 25.9 Å². The molecule has 8 nitrogen and oxygen atoms in total. The highest BCUT2D eigenvalue weighted by Crippen LogP contribution is 2.37. The van der Waals surface area contributed by atoms with Gasteiger partial charge in [-0.3, -0.25) is 0 Å². The minimum absolute atomic E-state index is 0.289. The van der Waals surface area contributed by atoms with E-state index in [1.54, 1.807) is 18.2 Å². The van der Waals surface area contributed by atoms with Crippen molar-refractivity contribution in [2.24, 2.45) is 0 Å². The lowest BCUT2D eigenvalue weighted by Crippen LogP contribution is -2.19. The summed E-state index contributed by atoms with van der Waals surface area (Å²) in [6, 6.07) is 13.3. The topological polar surface area (TPSA) is 124 Å². The summed E-state index contributed by atoms with van der Waals surface area (Å²) >= 11 is 0. The Morgan fingerprint density at radius 2 is 1.59 bits per heavy atom. The third-order valence-corrected chi connectivity index (χ3v) is 5.57. The van der Waals surface area contributed by atoms with Crippen molar-refractivity contribution < 1.29 is 34.4 Å².